The van der Waals surface area contributed by atoms with E-state index in [0.29, 0.717) is 18.0 Å². The molecule has 1 amide bonds. The first-order valence-corrected chi connectivity index (χ1v) is 8.29. The molecule has 0 saturated carbocycles. The van der Waals surface area contributed by atoms with E-state index in [4.69, 9.17) is 4.74 Å². The second-order valence-electron chi connectivity index (χ2n) is 6.33. The fraction of sp³-hybridized carbons (Fsp3) is 0.350. The number of hydrogen-bond acceptors (Lipinski definition) is 3. The van der Waals surface area contributed by atoms with Gasteiger partial charge in [0.1, 0.15) is 5.75 Å². The molecule has 0 aromatic heterocycles. The van der Waals surface area contributed by atoms with Crippen LogP contribution in [0.5, 0.6) is 5.75 Å². The molecule has 24 heavy (non-hydrogen) atoms. The molecule has 4 heteroatoms. The molecular weight excluding hydrogens is 300 g/mol. The number of nitrogens with one attached hydrogen (secondary N) is 2. The van der Waals surface area contributed by atoms with E-state index < -0.39 is 0 Å². The van der Waals surface area contributed by atoms with Gasteiger partial charge in [-0.3, -0.25) is 4.79 Å². The van der Waals surface area contributed by atoms with Crippen molar-refractivity contribution in [2.75, 3.05) is 19.0 Å². The second-order valence-corrected chi connectivity index (χ2v) is 6.33. The van der Waals surface area contributed by atoms with Crippen LogP contribution >= 0.6 is 0 Å². The number of benzene rings is 2. The summed E-state index contributed by atoms with van der Waals surface area (Å²) in [5.41, 5.74) is 3.63. The molecule has 2 N–H and O–H groups in total. The highest BCUT2D eigenvalue weighted by molar-refractivity contribution is 5.95. The van der Waals surface area contributed by atoms with E-state index in [1.54, 1.807) is 7.11 Å². The minimum Gasteiger partial charge on any atom is -0.497 e. The highest BCUT2D eigenvalue weighted by Crippen LogP contribution is 2.24. The van der Waals surface area contributed by atoms with Crippen molar-refractivity contribution in [1.82, 2.24) is 5.32 Å². The summed E-state index contributed by atoms with van der Waals surface area (Å²) in [5.74, 6) is 1.37. The Morgan fingerprint density at radius 1 is 1.17 bits per heavy atom. The van der Waals surface area contributed by atoms with Crippen LogP contribution in [0.2, 0.25) is 0 Å². The molecular formula is C20H26N2O2. The summed E-state index contributed by atoms with van der Waals surface area (Å²) in [7, 11) is 1.65. The van der Waals surface area contributed by atoms with Gasteiger partial charge < -0.3 is 15.4 Å². The summed E-state index contributed by atoms with van der Waals surface area (Å²) in [4.78, 5) is 12.2. The summed E-state index contributed by atoms with van der Waals surface area (Å²) in [5, 5.41) is 6.33. The lowest BCUT2D eigenvalue weighted by molar-refractivity contribution is 0.0952. The molecule has 0 bridgehead atoms. The van der Waals surface area contributed by atoms with Crippen LogP contribution in [0.25, 0.3) is 0 Å². The molecule has 2 rings (SSSR count). The number of aryl methyl sites for hydroxylation is 1. The SMILES string of the molecule is COc1cccc(Nc2ccc(C(=O)NCCC(C)C)cc2C)c1. The molecule has 0 atom stereocenters. The summed E-state index contributed by atoms with van der Waals surface area (Å²) < 4.78 is 5.23. The number of ether oxygens (including phenoxy) is 1. The van der Waals surface area contributed by atoms with Crippen molar-refractivity contribution >= 4 is 17.3 Å². The third kappa shape index (κ3) is 5.01. The Bertz CT molecular complexity index is 696. The molecule has 0 fully saturated rings. The van der Waals surface area contributed by atoms with Crippen LogP contribution in [0.1, 0.15) is 36.2 Å². The Balaban J connectivity index is 2.04. The molecule has 2 aromatic rings. The zero-order chi connectivity index (χ0) is 17.5. The maximum Gasteiger partial charge on any atom is 0.251 e. The molecule has 0 spiro atoms. The van der Waals surface area contributed by atoms with Gasteiger partial charge in [-0.15, -0.1) is 0 Å². The standard InChI is InChI=1S/C20H26N2O2/c1-14(2)10-11-21-20(23)16-8-9-19(15(3)12-16)22-17-6-5-7-18(13-17)24-4/h5-9,12-14,22H,10-11H2,1-4H3,(H,21,23). The molecule has 0 saturated heterocycles. The van der Waals surface area contributed by atoms with E-state index in [1.165, 1.54) is 0 Å². The minimum absolute atomic E-state index is 0.0216. The maximum absolute atomic E-state index is 12.2. The molecule has 128 valence electrons. The smallest absolute Gasteiger partial charge is 0.251 e. The van der Waals surface area contributed by atoms with Gasteiger partial charge in [0, 0.05) is 29.5 Å². The first-order chi connectivity index (χ1) is 11.5. The quantitative estimate of drug-likeness (QED) is 0.786. The lowest BCUT2D eigenvalue weighted by Gasteiger charge is -2.12. The van der Waals surface area contributed by atoms with E-state index >= 15 is 0 Å². The van der Waals surface area contributed by atoms with Crippen molar-refractivity contribution < 1.29 is 9.53 Å². The van der Waals surface area contributed by atoms with Gasteiger partial charge in [-0.1, -0.05) is 19.9 Å². The Kier molecular flexibility index (Phi) is 6.24. The number of hydrogen-bond donors (Lipinski definition) is 2. The van der Waals surface area contributed by atoms with E-state index in [-0.39, 0.29) is 5.91 Å². The van der Waals surface area contributed by atoms with Crippen molar-refractivity contribution in [2.24, 2.45) is 5.92 Å². The van der Waals surface area contributed by atoms with Crippen LogP contribution in [0, 0.1) is 12.8 Å². The molecule has 0 radical (unpaired) electrons. The van der Waals surface area contributed by atoms with Gasteiger partial charge in [0.05, 0.1) is 7.11 Å². The van der Waals surface area contributed by atoms with Gasteiger partial charge in [-0.05, 0) is 55.2 Å². The average Bonchev–Trinajstić information content (AvgIpc) is 2.56. The number of methoxy groups -OCH3 is 1. The van der Waals surface area contributed by atoms with E-state index in [1.807, 2.05) is 49.4 Å². The van der Waals surface area contributed by atoms with Gasteiger partial charge in [0.15, 0.2) is 0 Å². The fourth-order valence-corrected chi connectivity index (χ4v) is 2.38. The molecule has 2 aromatic carbocycles. The van der Waals surface area contributed by atoms with Crippen LogP contribution in [0.15, 0.2) is 42.5 Å². The molecule has 4 nitrogen and oxygen atoms in total. The van der Waals surface area contributed by atoms with E-state index in [0.717, 1.165) is 29.1 Å². The second kappa shape index (κ2) is 8.39. The van der Waals surface area contributed by atoms with Gasteiger partial charge in [0.2, 0.25) is 0 Å². The van der Waals surface area contributed by atoms with Crippen LogP contribution in [-0.2, 0) is 0 Å². The third-order valence-electron chi connectivity index (χ3n) is 3.84. The topological polar surface area (TPSA) is 50.4 Å². The lowest BCUT2D eigenvalue weighted by Crippen LogP contribution is -2.25. The number of amides is 1. The Morgan fingerprint density at radius 3 is 2.62 bits per heavy atom. The van der Waals surface area contributed by atoms with E-state index in [9.17, 15) is 4.79 Å². The molecule has 0 unspecified atom stereocenters. The predicted octanol–water partition coefficient (Wildman–Crippen LogP) is 4.52. The number of anilines is 2. The van der Waals surface area contributed by atoms with Crippen molar-refractivity contribution in [3.05, 3.63) is 53.6 Å². The first-order valence-electron chi connectivity index (χ1n) is 8.29. The fourth-order valence-electron chi connectivity index (χ4n) is 2.38. The van der Waals surface area contributed by atoms with Crippen LogP contribution in [-0.4, -0.2) is 19.6 Å². The zero-order valence-corrected chi connectivity index (χ0v) is 14.8. The number of carbonyl (C=O) groups excluding carboxylic acids is 1. The number of carbonyl (C=O) groups is 1. The van der Waals surface area contributed by atoms with Gasteiger partial charge in [-0.2, -0.15) is 0 Å². The van der Waals surface area contributed by atoms with Gasteiger partial charge in [-0.25, -0.2) is 0 Å². The van der Waals surface area contributed by atoms with E-state index in [2.05, 4.69) is 24.5 Å². The van der Waals surface area contributed by atoms with Crippen molar-refractivity contribution in [3.63, 3.8) is 0 Å². The Morgan fingerprint density at radius 2 is 1.96 bits per heavy atom. The Hall–Kier alpha value is -2.49. The number of rotatable bonds is 7. The van der Waals surface area contributed by atoms with Crippen LogP contribution in [0.3, 0.4) is 0 Å². The highest BCUT2D eigenvalue weighted by Gasteiger charge is 2.08. The first kappa shape index (κ1) is 17.9. The molecule has 0 heterocycles. The zero-order valence-electron chi connectivity index (χ0n) is 14.8. The monoisotopic (exact) mass is 326 g/mol. The average molecular weight is 326 g/mol. The van der Waals surface area contributed by atoms with Crippen LogP contribution < -0.4 is 15.4 Å². The molecule has 0 aliphatic rings. The lowest BCUT2D eigenvalue weighted by atomic mass is 10.1. The van der Waals surface area contributed by atoms with Crippen molar-refractivity contribution in [3.8, 4) is 5.75 Å². The third-order valence-corrected chi connectivity index (χ3v) is 3.84. The molecule has 0 aliphatic carbocycles. The Labute approximate surface area is 144 Å². The molecule has 0 aliphatic heterocycles. The largest absolute Gasteiger partial charge is 0.497 e. The van der Waals surface area contributed by atoms with Crippen molar-refractivity contribution in [2.45, 2.75) is 27.2 Å². The normalized spacial score (nSPS) is 10.5. The van der Waals surface area contributed by atoms with Gasteiger partial charge >= 0.3 is 0 Å². The summed E-state index contributed by atoms with van der Waals surface area (Å²) in [6.07, 6.45) is 0.986. The highest BCUT2D eigenvalue weighted by atomic mass is 16.5. The summed E-state index contributed by atoms with van der Waals surface area (Å²) in [6, 6.07) is 13.5. The minimum atomic E-state index is -0.0216. The summed E-state index contributed by atoms with van der Waals surface area (Å²) in [6.45, 7) is 7.00. The van der Waals surface area contributed by atoms with Gasteiger partial charge in [0.25, 0.3) is 5.91 Å². The predicted molar refractivity (Wildman–Crippen MR) is 99.2 cm³/mol. The van der Waals surface area contributed by atoms with Crippen LogP contribution in [0.4, 0.5) is 11.4 Å². The van der Waals surface area contributed by atoms with Crippen molar-refractivity contribution in [1.29, 1.82) is 0 Å². The maximum atomic E-state index is 12.2. The summed E-state index contributed by atoms with van der Waals surface area (Å²) >= 11 is 0.